The highest BCUT2D eigenvalue weighted by Crippen LogP contribution is 2.44. The summed E-state index contributed by atoms with van der Waals surface area (Å²) in [6.45, 7) is 5.47. The largest absolute Gasteiger partial charge is 0.328 e. The number of rotatable bonds is 2. The lowest BCUT2D eigenvalue weighted by Gasteiger charge is -2.49. The Labute approximate surface area is 120 Å². The number of hydrogen-bond donors (Lipinski definition) is 1. The summed E-state index contributed by atoms with van der Waals surface area (Å²) in [7, 11) is 0. The molecule has 0 aromatic heterocycles. The highest BCUT2D eigenvalue weighted by Gasteiger charge is 2.42. The van der Waals surface area contributed by atoms with Gasteiger partial charge in [0.2, 0.25) is 0 Å². The van der Waals surface area contributed by atoms with Gasteiger partial charge in [-0.05, 0) is 29.9 Å². The summed E-state index contributed by atoms with van der Waals surface area (Å²) in [6.07, 6.45) is 2.48. The molecule has 0 radical (unpaired) electrons. The van der Waals surface area contributed by atoms with Gasteiger partial charge in [0, 0.05) is 31.1 Å². The molecule has 1 aliphatic heterocycles. The molecule has 3 heteroatoms. The molecular formula is C16H24N2S. The maximum atomic E-state index is 6.28. The van der Waals surface area contributed by atoms with E-state index in [1.165, 1.54) is 48.6 Å². The first kappa shape index (κ1) is 13.5. The maximum Gasteiger partial charge on any atom is 0.0587 e. The van der Waals surface area contributed by atoms with Crippen LogP contribution < -0.4 is 5.73 Å². The second kappa shape index (κ2) is 5.47. The third-order valence-corrected chi connectivity index (χ3v) is 5.88. The Morgan fingerprint density at radius 2 is 2.05 bits per heavy atom. The van der Waals surface area contributed by atoms with E-state index >= 15 is 0 Å². The van der Waals surface area contributed by atoms with Gasteiger partial charge < -0.3 is 5.73 Å². The molecule has 104 valence electrons. The van der Waals surface area contributed by atoms with Crippen LogP contribution in [0.4, 0.5) is 0 Å². The molecule has 1 aliphatic carbocycles. The van der Waals surface area contributed by atoms with Crippen molar-refractivity contribution in [2.24, 2.45) is 5.73 Å². The molecule has 3 rings (SSSR count). The summed E-state index contributed by atoms with van der Waals surface area (Å²) in [5, 5.41) is 0. The van der Waals surface area contributed by atoms with Crippen molar-refractivity contribution in [3.63, 3.8) is 0 Å². The van der Waals surface area contributed by atoms with Gasteiger partial charge in [-0.1, -0.05) is 31.2 Å². The minimum absolute atomic E-state index is 0.101. The van der Waals surface area contributed by atoms with Crippen molar-refractivity contribution in [2.75, 3.05) is 31.1 Å². The lowest BCUT2D eigenvalue weighted by molar-refractivity contribution is 0.0817. The first-order valence-corrected chi connectivity index (χ1v) is 8.56. The smallest absolute Gasteiger partial charge is 0.0587 e. The SMILES string of the molecule is CC1CCC(CN)(N2CCSCC2)c2ccccc21. The summed E-state index contributed by atoms with van der Waals surface area (Å²) in [4.78, 5) is 2.66. The normalized spacial score (nSPS) is 32.0. The van der Waals surface area contributed by atoms with Crippen LogP contribution in [0.25, 0.3) is 0 Å². The quantitative estimate of drug-likeness (QED) is 0.900. The lowest BCUT2D eigenvalue weighted by atomic mass is 9.71. The monoisotopic (exact) mass is 276 g/mol. The summed E-state index contributed by atoms with van der Waals surface area (Å²) >= 11 is 2.07. The predicted molar refractivity (Wildman–Crippen MR) is 83.7 cm³/mol. The molecule has 2 atom stereocenters. The van der Waals surface area contributed by atoms with Crippen LogP contribution in [0, 0.1) is 0 Å². The third kappa shape index (κ3) is 2.22. The lowest BCUT2D eigenvalue weighted by Crippen LogP contribution is -2.55. The van der Waals surface area contributed by atoms with Crippen molar-refractivity contribution < 1.29 is 0 Å². The van der Waals surface area contributed by atoms with Gasteiger partial charge in [0.1, 0.15) is 0 Å². The molecule has 0 bridgehead atoms. The first-order valence-electron chi connectivity index (χ1n) is 7.40. The average molecular weight is 276 g/mol. The summed E-state index contributed by atoms with van der Waals surface area (Å²) in [6, 6.07) is 8.98. The van der Waals surface area contributed by atoms with Crippen LogP contribution in [0.5, 0.6) is 0 Å². The second-order valence-corrected chi connectivity index (χ2v) is 7.09. The molecular weight excluding hydrogens is 252 g/mol. The number of nitrogens with zero attached hydrogens (tertiary/aromatic N) is 1. The zero-order chi connectivity index (χ0) is 13.3. The van der Waals surface area contributed by atoms with Gasteiger partial charge in [0.25, 0.3) is 0 Å². The Kier molecular flexibility index (Phi) is 3.88. The number of thioether (sulfide) groups is 1. The number of fused-ring (bicyclic) bond motifs is 1. The van der Waals surface area contributed by atoms with E-state index in [2.05, 4.69) is 47.9 Å². The summed E-state index contributed by atoms with van der Waals surface area (Å²) < 4.78 is 0. The van der Waals surface area contributed by atoms with Crippen LogP contribution in [0.2, 0.25) is 0 Å². The van der Waals surface area contributed by atoms with Crippen molar-refractivity contribution in [3.05, 3.63) is 35.4 Å². The van der Waals surface area contributed by atoms with Crippen LogP contribution in [0.1, 0.15) is 36.8 Å². The van der Waals surface area contributed by atoms with E-state index in [1.54, 1.807) is 0 Å². The molecule has 19 heavy (non-hydrogen) atoms. The minimum Gasteiger partial charge on any atom is -0.328 e. The van der Waals surface area contributed by atoms with E-state index in [9.17, 15) is 0 Å². The van der Waals surface area contributed by atoms with E-state index in [0.717, 1.165) is 6.54 Å². The molecule has 1 aromatic rings. The summed E-state index contributed by atoms with van der Waals surface area (Å²) in [5.74, 6) is 3.17. The second-order valence-electron chi connectivity index (χ2n) is 5.86. The highest BCUT2D eigenvalue weighted by atomic mass is 32.2. The number of benzene rings is 1. The standard InChI is InChI=1S/C16H24N2S/c1-13-6-7-16(12-17,18-8-10-19-11-9-18)15-5-3-2-4-14(13)15/h2-5,13H,6-12,17H2,1H3. The van der Waals surface area contributed by atoms with Gasteiger partial charge in [-0.2, -0.15) is 11.8 Å². The van der Waals surface area contributed by atoms with Gasteiger partial charge in [0.15, 0.2) is 0 Å². The van der Waals surface area contributed by atoms with Gasteiger partial charge in [-0.25, -0.2) is 0 Å². The molecule has 2 nitrogen and oxygen atoms in total. The average Bonchev–Trinajstić information content (AvgIpc) is 2.49. The van der Waals surface area contributed by atoms with Gasteiger partial charge >= 0.3 is 0 Å². The zero-order valence-electron chi connectivity index (χ0n) is 11.8. The molecule has 0 saturated carbocycles. The molecule has 1 heterocycles. The van der Waals surface area contributed by atoms with Crippen molar-refractivity contribution in [2.45, 2.75) is 31.2 Å². The molecule has 1 saturated heterocycles. The van der Waals surface area contributed by atoms with Crippen LogP contribution in [0.3, 0.4) is 0 Å². The van der Waals surface area contributed by atoms with Gasteiger partial charge in [-0.15, -0.1) is 0 Å². The van der Waals surface area contributed by atoms with Crippen LogP contribution in [0.15, 0.2) is 24.3 Å². The van der Waals surface area contributed by atoms with E-state index in [1.807, 2.05) is 0 Å². The van der Waals surface area contributed by atoms with Gasteiger partial charge in [-0.3, -0.25) is 4.90 Å². The Morgan fingerprint density at radius 1 is 1.32 bits per heavy atom. The fourth-order valence-electron chi connectivity index (χ4n) is 3.76. The minimum atomic E-state index is 0.101. The fourth-order valence-corrected chi connectivity index (χ4v) is 4.66. The highest BCUT2D eigenvalue weighted by molar-refractivity contribution is 7.99. The van der Waals surface area contributed by atoms with E-state index < -0.39 is 0 Å². The van der Waals surface area contributed by atoms with Gasteiger partial charge in [0.05, 0.1) is 5.54 Å². The Bertz CT molecular complexity index is 442. The topological polar surface area (TPSA) is 29.3 Å². The van der Waals surface area contributed by atoms with Crippen LogP contribution in [-0.4, -0.2) is 36.0 Å². The molecule has 2 unspecified atom stereocenters. The fraction of sp³-hybridized carbons (Fsp3) is 0.625. The molecule has 0 amide bonds. The van der Waals surface area contributed by atoms with E-state index in [4.69, 9.17) is 5.73 Å². The Hall–Kier alpha value is -0.510. The number of nitrogens with two attached hydrogens (primary N) is 1. The predicted octanol–water partition coefficient (Wildman–Crippen LogP) is 2.79. The molecule has 2 N–H and O–H groups in total. The third-order valence-electron chi connectivity index (χ3n) is 4.94. The van der Waals surface area contributed by atoms with Crippen molar-refractivity contribution in [1.82, 2.24) is 4.90 Å². The van der Waals surface area contributed by atoms with Crippen molar-refractivity contribution in [1.29, 1.82) is 0 Å². The molecule has 1 aromatic carbocycles. The number of hydrogen-bond acceptors (Lipinski definition) is 3. The molecule has 0 spiro atoms. The summed E-state index contributed by atoms with van der Waals surface area (Å²) in [5.41, 5.74) is 9.41. The van der Waals surface area contributed by atoms with Crippen molar-refractivity contribution in [3.8, 4) is 0 Å². The Balaban J connectivity index is 2.03. The van der Waals surface area contributed by atoms with E-state index in [0.29, 0.717) is 5.92 Å². The van der Waals surface area contributed by atoms with E-state index in [-0.39, 0.29) is 5.54 Å². The molecule has 2 aliphatic rings. The molecule has 1 fully saturated rings. The first-order chi connectivity index (χ1) is 9.28. The van der Waals surface area contributed by atoms with Crippen molar-refractivity contribution >= 4 is 11.8 Å². The Morgan fingerprint density at radius 3 is 2.79 bits per heavy atom. The van der Waals surface area contributed by atoms with Crippen LogP contribution >= 0.6 is 11.8 Å². The zero-order valence-corrected chi connectivity index (χ0v) is 12.6. The maximum absolute atomic E-state index is 6.28. The van der Waals surface area contributed by atoms with Crippen LogP contribution in [-0.2, 0) is 5.54 Å².